The number of amides is 1. The van der Waals surface area contributed by atoms with E-state index in [2.05, 4.69) is 5.32 Å². The summed E-state index contributed by atoms with van der Waals surface area (Å²) < 4.78 is 40.8. The van der Waals surface area contributed by atoms with Gasteiger partial charge in [-0.2, -0.15) is 4.31 Å². The van der Waals surface area contributed by atoms with Crippen LogP contribution in [-0.2, 0) is 16.6 Å². The lowest BCUT2D eigenvalue weighted by Crippen LogP contribution is -2.36. The first-order chi connectivity index (χ1) is 12.0. The highest BCUT2D eigenvalue weighted by Gasteiger charge is 2.29. The van der Waals surface area contributed by atoms with E-state index in [1.165, 1.54) is 21.7 Å². The second-order valence-electron chi connectivity index (χ2n) is 5.87. The number of hydrogen-bond acceptors (Lipinski definition) is 4. The Morgan fingerprint density at radius 3 is 2.64 bits per heavy atom. The van der Waals surface area contributed by atoms with Crippen molar-refractivity contribution in [2.45, 2.75) is 30.7 Å². The van der Waals surface area contributed by atoms with Gasteiger partial charge in [-0.1, -0.05) is 12.5 Å². The van der Waals surface area contributed by atoms with E-state index in [-0.39, 0.29) is 5.56 Å². The van der Waals surface area contributed by atoms with Gasteiger partial charge in [-0.25, -0.2) is 12.8 Å². The minimum absolute atomic E-state index is 0.133. The Balaban J connectivity index is 1.81. The fourth-order valence-electron chi connectivity index (χ4n) is 2.77. The van der Waals surface area contributed by atoms with Crippen molar-refractivity contribution in [1.82, 2.24) is 9.62 Å². The number of piperidine rings is 1. The van der Waals surface area contributed by atoms with E-state index in [0.29, 0.717) is 19.6 Å². The molecule has 134 valence electrons. The highest BCUT2D eigenvalue weighted by Crippen LogP contribution is 2.24. The van der Waals surface area contributed by atoms with Gasteiger partial charge in [0.05, 0.1) is 6.54 Å². The lowest BCUT2D eigenvalue weighted by atomic mass is 10.2. The van der Waals surface area contributed by atoms with Gasteiger partial charge < -0.3 is 5.32 Å². The summed E-state index contributed by atoms with van der Waals surface area (Å²) >= 11 is 1.51. The molecule has 5 nitrogen and oxygen atoms in total. The van der Waals surface area contributed by atoms with Gasteiger partial charge in [-0.05, 0) is 42.5 Å². The molecule has 0 spiro atoms. The maximum atomic E-state index is 14.2. The van der Waals surface area contributed by atoms with Crippen molar-refractivity contribution in [3.8, 4) is 0 Å². The smallest absolute Gasteiger partial charge is 0.251 e. The Kier molecular flexibility index (Phi) is 5.51. The van der Waals surface area contributed by atoms with Crippen molar-refractivity contribution in [2.24, 2.45) is 0 Å². The van der Waals surface area contributed by atoms with Crippen LogP contribution in [0.25, 0.3) is 0 Å². The molecule has 1 aromatic carbocycles. The monoisotopic (exact) mass is 382 g/mol. The van der Waals surface area contributed by atoms with E-state index in [0.717, 1.165) is 36.3 Å². The van der Waals surface area contributed by atoms with Crippen LogP contribution in [0.2, 0.25) is 0 Å². The minimum atomic E-state index is -3.93. The van der Waals surface area contributed by atoms with Crippen LogP contribution in [0.3, 0.4) is 0 Å². The largest absolute Gasteiger partial charge is 0.347 e. The summed E-state index contributed by atoms with van der Waals surface area (Å²) in [7, 11) is -3.93. The number of rotatable bonds is 5. The Morgan fingerprint density at radius 1 is 1.20 bits per heavy atom. The SMILES string of the molecule is O=C(NCc1cccs1)c1ccc(F)c(S(=O)(=O)N2CCCCC2)c1. The van der Waals surface area contributed by atoms with E-state index in [1.807, 2.05) is 17.5 Å². The summed E-state index contributed by atoms with van der Waals surface area (Å²) in [4.78, 5) is 12.8. The normalized spacial score (nSPS) is 15.9. The maximum absolute atomic E-state index is 14.2. The summed E-state index contributed by atoms with van der Waals surface area (Å²) in [5, 5.41) is 4.63. The number of nitrogens with one attached hydrogen (secondary N) is 1. The van der Waals surface area contributed by atoms with Crippen molar-refractivity contribution in [2.75, 3.05) is 13.1 Å². The number of hydrogen-bond donors (Lipinski definition) is 1. The standard InChI is InChI=1S/C17H19FN2O3S2/c18-15-7-6-13(17(21)19-12-14-5-4-10-24-14)11-16(15)25(22,23)20-8-2-1-3-9-20/h4-7,10-11H,1-3,8-9,12H2,(H,19,21). The quantitative estimate of drug-likeness (QED) is 0.864. The number of thiophene rings is 1. The van der Waals surface area contributed by atoms with Gasteiger partial charge in [0.15, 0.2) is 0 Å². The summed E-state index contributed by atoms with van der Waals surface area (Å²) in [5.41, 5.74) is 0.133. The van der Waals surface area contributed by atoms with Gasteiger partial charge in [0.2, 0.25) is 10.0 Å². The average Bonchev–Trinajstić information content (AvgIpc) is 3.14. The zero-order valence-electron chi connectivity index (χ0n) is 13.6. The van der Waals surface area contributed by atoms with E-state index < -0.39 is 26.6 Å². The van der Waals surface area contributed by atoms with Crippen LogP contribution in [0.4, 0.5) is 4.39 Å². The second kappa shape index (κ2) is 7.63. The molecule has 25 heavy (non-hydrogen) atoms. The topological polar surface area (TPSA) is 66.5 Å². The Hall–Kier alpha value is -1.77. The van der Waals surface area contributed by atoms with Crippen molar-refractivity contribution < 1.29 is 17.6 Å². The third kappa shape index (κ3) is 4.08. The van der Waals surface area contributed by atoms with Crippen molar-refractivity contribution in [1.29, 1.82) is 0 Å². The number of halogens is 1. The van der Waals surface area contributed by atoms with Crippen molar-refractivity contribution in [3.63, 3.8) is 0 Å². The third-order valence-corrected chi connectivity index (χ3v) is 6.92. The average molecular weight is 382 g/mol. The van der Waals surface area contributed by atoms with Gasteiger partial charge in [0.25, 0.3) is 5.91 Å². The molecule has 1 fully saturated rings. The molecule has 1 aliphatic rings. The Morgan fingerprint density at radius 2 is 1.96 bits per heavy atom. The predicted molar refractivity (Wildman–Crippen MR) is 94.5 cm³/mol. The van der Waals surface area contributed by atoms with Crippen LogP contribution in [0.1, 0.15) is 34.5 Å². The first-order valence-corrected chi connectivity index (χ1v) is 10.4. The molecular formula is C17H19FN2O3S2. The summed E-state index contributed by atoms with van der Waals surface area (Å²) in [6.45, 7) is 1.12. The number of sulfonamides is 1. The highest BCUT2D eigenvalue weighted by atomic mass is 32.2. The molecule has 2 aromatic rings. The van der Waals surface area contributed by atoms with Crippen molar-refractivity contribution >= 4 is 27.3 Å². The van der Waals surface area contributed by atoms with Crippen LogP contribution < -0.4 is 5.32 Å². The molecule has 3 rings (SSSR count). The predicted octanol–water partition coefficient (Wildman–Crippen LogP) is 2.99. The number of carbonyl (C=O) groups excluding carboxylic acids is 1. The number of nitrogens with zero attached hydrogens (tertiary/aromatic N) is 1. The molecule has 1 amide bonds. The van der Waals surface area contributed by atoms with Gasteiger partial charge in [-0.15, -0.1) is 11.3 Å². The van der Waals surface area contributed by atoms with Crippen molar-refractivity contribution in [3.05, 3.63) is 52.0 Å². The first-order valence-electron chi connectivity index (χ1n) is 8.09. The summed E-state index contributed by atoms with van der Waals surface area (Å²) in [6.07, 6.45) is 2.50. The van der Waals surface area contributed by atoms with Crippen LogP contribution in [0.15, 0.2) is 40.6 Å². The number of benzene rings is 1. The first kappa shape index (κ1) is 18.0. The number of carbonyl (C=O) groups is 1. The fraction of sp³-hybridized carbons (Fsp3) is 0.353. The van der Waals surface area contributed by atoms with Gasteiger partial charge >= 0.3 is 0 Å². The lowest BCUT2D eigenvalue weighted by Gasteiger charge is -2.26. The van der Waals surface area contributed by atoms with Gasteiger partial charge in [0.1, 0.15) is 10.7 Å². The summed E-state index contributed by atoms with van der Waals surface area (Å²) in [6, 6.07) is 7.24. The van der Waals surface area contributed by atoms with E-state index >= 15 is 0 Å². The molecule has 0 saturated carbocycles. The van der Waals surface area contributed by atoms with Crippen LogP contribution in [0.5, 0.6) is 0 Å². The fourth-order valence-corrected chi connectivity index (χ4v) is 5.02. The van der Waals surface area contributed by atoms with Gasteiger partial charge in [-0.3, -0.25) is 4.79 Å². The molecule has 0 bridgehead atoms. The zero-order chi connectivity index (χ0) is 17.9. The molecule has 0 unspecified atom stereocenters. The van der Waals surface area contributed by atoms with E-state index in [9.17, 15) is 17.6 Å². The Bertz CT molecular complexity index is 845. The van der Waals surface area contributed by atoms with Crippen LogP contribution in [0, 0.1) is 5.82 Å². The Labute approximate surface area is 150 Å². The molecule has 0 atom stereocenters. The molecule has 1 aromatic heterocycles. The van der Waals surface area contributed by atoms with Gasteiger partial charge in [0, 0.05) is 23.5 Å². The molecule has 1 saturated heterocycles. The van der Waals surface area contributed by atoms with E-state index in [4.69, 9.17) is 0 Å². The van der Waals surface area contributed by atoms with E-state index in [1.54, 1.807) is 0 Å². The lowest BCUT2D eigenvalue weighted by molar-refractivity contribution is 0.0951. The van der Waals surface area contributed by atoms with Crippen LogP contribution in [-0.4, -0.2) is 31.7 Å². The zero-order valence-corrected chi connectivity index (χ0v) is 15.2. The van der Waals surface area contributed by atoms with Crippen LogP contribution >= 0.6 is 11.3 Å². The highest BCUT2D eigenvalue weighted by molar-refractivity contribution is 7.89. The maximum Gasteiger partial charge on any atom is 0.251 e. The molecule has 2 heterocycles. The molecule has 8 heteroatoms. The minimum Gasteiger partial charge on any atom is -0.347 e. The molecule has 0 aliphatic carbocycles. The molecular weight excluding hydrogens is 363 g/mol. The molecule has 0 radical (unpaired) electrons. The molecule has 1 aliphatic heterocycles. The third-order valence-electron chi connectivity index (χ3n) is 4.13. The molecule has 1 N–H and O–H groups in total. The second-order valence-corrected chi connectivity index (χ2v) is 8.81. The summed E-state index contributed by atoms with van der Waals surface area (Å²) in [5.74, 6) is -1.26.